The molecule has 0 unspecified atom stereocenters. The molecule has 0 bridgehead atoms. The molecule has 0 N–H and O–H groups in total. The van der Waals surface area contributed by atoms with Gasteiger partial charge in [-0.05, 0) is 51.0 Å². The Kier molecular flexibility index (Phi) is 5.26. The van der Waals surface area contributed by atoms with Crippen LogP contribution in [-0.2, 0) is 6.54 Å². The average Bonchev–Trinajstić information content (AvgIpc) is 2.72. The van der Waals surface area contributed by atoms with Gasteiger partial charge >= 0.3 is 0 Å². The Hall–Kier alpha value is -3.27. The lowest BCUT2D eigenvalue weighted by Crippen LogP contribution is -2.24. The van der Waals surface area contributed by atoms with Crippen LogP contribution in [0.3, 0.4) is 0 Å². The van der Waals surface area contributed by atoms with Gasteiger partial charge in [-0.3, -0.25) is 4.98 Å². The van der Waals surface area contributed by atoms with E-state index >= 15 is 0 Å². The maximum Gasteiger partial charge on any atom is 0.159 e. The van der Waals surface area contributed by atoms with E-state index in [4.69, 9.17) is 10.2 Å². The third-order valence-electron chi connectivity index (χ3n) is 5.34. The molecule has 0 spiro atoms. The van der Waals surface area contributed by atoms with E-state index in [1.807, 2.05) is 24.4 Å². The fraction of sp³-hybridized carbons (Fsp3) is 0.240. The quantitative estimate of drug-likeness (QED) is 0.448. The summed E-state index contributed by atoms with van der Waals surface area (Å²) in [6.45, 7) is 10.1. The molecule has 4 nitrogen and oxygen atoms in total. The highest BCUT2D eigenvalue weighted by Gasteiger charge is 2.18. The van der Waals surface area contributed by atoms with Gasteiger partial charge in [0.15, 0.2) is 5.82 Å². The van der Waals surface area contributed by atoms with Crippen molar-refractivity contribution in [1.29, 1.82) is 0 Å². The van der Waals surface area contributed by atoms with Gasteiger partial charge in [0, 0.05) is 29.1 Å². The van der Waals surface area contributed by atoms with Crippen LogP contribution in [0.25, 0.3) is 22.0 Å². The second kappa shape index (κ2) is 8.00. The molecule has 2 heterocycles. The Bertz CT molecular complexity index is 1130. The third-order valence-corrected chi connectivity index (χ3v) is 5.34. The van der Waals surface area contributed by atoms with Gasteiger partial charge in [0.25, 0.3) is 0 Å². The number of benzene rings is 2. The second-order valence-electron chi connectivity index (χ2n) is 7.53. The van der Waals surface area contributed by atoms with Crippen molar-refractivity contribution in [3.05, 3.63) is 83.2 Å². The molecule has 2 aromatic heterocycles. The summed E-state index contributed by atoms with van der Waals surface area (Å²) in [6.07, 6.45) is 1.83. The first-order valence-electron chi connectivity index (χ1n) is 10.1. The molecular formula is C25H26N4. The highest BCUT2D eigenvalue weighted by molar-refractivity contribution is 6.01. The van der Waals surface area contributed by atoms with Crippen LogP contribution in [0.15, 0.2) is 60.8 Å². The van der Waals surface area contributed by atoms with Crippen LogP contribution in [0.1, 0.15) is 29.3 Å². The van der Waals surface area contributed by atoms with Gasteiger partial charge in [-0.25, -0.2) is 0 Å². The van der Waals surface area contributed by atoms with Crippen LogP contribution in [-0.4, -0.2) is 21.7 Å². The van der Waals surface area contributed by atoms with Crippen molar-refractivity contribution in [3.8, 4) is 11.3 Å². The molecule has 0 atom stereocenters. The predicted molar refractivity (Wildman–Crippen MR) is 120 cm³/mol. The van der Waals surface area contributed by atoms with Crippen LogP contribution in [0, 0.1) is 20.8 Å². The number of hydrogen-bond acceptors (Lipinski definition) is 4. The van der Waals surface area contributed by atoms with Crippen molar-refractivity contribution in [3.63, 3.8) is 0 Å². The summed E-state index contributed by atoms with van der Waals surface area (Å²) in [5.74, 6) is 0.903. The average molecular weight is 383 g/mol. The summed E-state index contributed by atoms with van der Waals surface area (Å²) in [4.78, 5) is 6.71. The van der Waals surface area contributed by atoms with Crippen molar-refractivity contribution in [2.45, 2.75) is 34.2 Å². The fourth-order valence-electron chi connectivity index (χ4n) is 4.09. The predicted octanol–water partition coefficient (Wildman–Crippen LogP) is 5.64. The van der Waals surface area contributed by atoms with Crippen LogP contribution in [0.4, 0.5) is 5.82 Å². The first-order valence-corrected chi connectivity index (χ1v) is 10.1. The molecule has 0 radical (unpaired) electrons. The molecule has 2 aromatic carbocycles. The van der Waals surface area contributed by atoms with Crippen molar-refractivity contribution in [1.82, 2.24) is 15.2 Å². The first kappa shape index (κ1) is 19.1. The van der Waals surface area contributed by atoms with Crippen molar-refractivity contribution >= 4 is 16.6 Å². The Morgan fingerprint density at radius 3 is 2.17 bits per heavy atom. The lowest BCUT2D eigenvalue weighted by molar-refractivity contribution is 0.786. The van der Waals surface area contributed by atoms with Crippen LogP contribution in [0.5, 0.6) is 0 Å². The lowest BCUT2D eigenvalue weighted by atomic mass is 9.94. The summed E-state index contributed by atoms with van der Waals surface area (Å²) in [7, 11) is 0. The Morgan fingerprint density at radius 2 is 1.52 bits per heavy atom. The third kappa shape index (κ3) is 3.70. The molecule has 0 saturated carbocycles. The van der Waals surface area contributed by atoms with E-state index in [1.54, 1.807) is 0 Å². The van der Waals surface area contributed by atoms with E-state index in [-0.39, 0.29) is 0 Å². The van der Waals surface area contributed by atoms with Crippen LogP contribution in [0.2, 0.25) is 0 Å². The zero-order valence-electron chi connectivity index (χ0n) is 17.5. The van der Waals surface area contributed by atoms with E-state index in [1.165, 1.54) is 22.3 Å². The van der Waals surface area contributed by atoms with Gasteiger partial charge in [-0.15, -0.1) is 10.2 Å². The molecule has 146 valence electrons. The molecule has 0 aliphatic carbocycles. The minimum Gasteiger partial charge on any atom is -0.349 e. The molecule has 4 rings (SSSR count). The smallest absolute Gasteiger partial charge is 0.159 e. The van der Waals surface area contributed by atoms with Crippen molar-refractivity contribution in [2.24, 2.45) is 0 Å². The highest BCUT2D eigenvalue weighted by atomic mass is 15.3. The van der Waals surface area contributed by atoms with Gasteiger partial charge in [0.1, 0.15) is 5.69 Å². The first-order chi connectivity index (χ1) is 14.1. The van der Waals surface area contributed by atoms with Crippen molar-refractivity contribution < 1.29 is 0 Å². The molecule has 4 heteroatoms. The van der Waals surface area contributed by atoms with E-state index in [2.05, 4.69) is 74.0 Å². The van der Waals surface area contributed by atoms with Gasteiger partial charge in [0.05, 0.1) is 12.2 Å². The minimum absolute atomic E-state index is 0.706. The summed E-state index contributed by atoms with van der Waals surface area (Å²) < 4.78 is 0. The summed E-state index contributed by atoms with van der Waals surface area (Å²) in [5, 5.41) is 11.7. The molecule has 0 amide bonds. The number of hydrogen-bond donors (Lipinski definition) is 0. The molecule has 0 aliphatic heterocycles. The van der Waals surface area contributed by atoms with E-state index in [0.717, 1.165) is 34.5 Å². The number of pyridine rings is 1. The Balaban J connectivity index is 1.86. The highest BCUT2D eigenvalue weighted by Crippen LogP contribution is 2.35. The standard InChI is InChI=1S/C25H26N4/c1-5-29(16-20-10-8-9-13-26-20)25-22-12-7-6-11-21(22)24(27-28-25)23-18(3)14-17(2)15-19(23)4/h6-15H,5,16H2,1-4H3. The summed E-state index contributed by atoms with van der Waals surface area (Å²) in [5.41, 5.74) is 6.89. The minimum atomic E-state index is 0.706. The zero-order valence-corrected chi connectivity index (χ0v) is 17.5. The largest absolute Gasteiger partial charge is 0.349 e. The van der Waals surface area contributed by atoms with Gasteiger partial charge in [0.2, 0.25) is 0 Å². The number of fused-ring (bicyclic) bond motifs is 1. The van der Waals surface area contributed by atoms with Crippen LogP contribution >= 0.6 is 0 Å². The molecule has 0 aliphatic rings. The summed E-state index contributed by atoms with van der Waals surface area (Å²) in [6, 6.07) is 18.9. The van der Waals surface area contributed by atoms with Gasteiger partial charge in [-0.1, -0.05) is 48.0 Å². The lowest BCUT2D eigenvalue weighted by Gasteiger charge is -2.23. The van der Waals surface area contributed by atoms with E-state index in [9.17, 15) is 0 Å². The second-order valence-corrected chi connectivity index (χ2v) is 7.53. The number of aromatic nitrogens is 3. The van der Waals surface area contributed by atoms with E-state index in [0.29, 0.717) is 6.54 Å². The molecule has 4 aromatic rings. The zero-order chi connectivity index (χ0) is 20.4. The normalized spacial score (nSPS) is 11.0. The maximum absolute atomic E-state index is 4.73. The number of nitrogens with zero attached hydrogens (tertiary/aromatic N) is 4. The number of aryl methyl sites for hydroxylation is 3. The molecule has 0 saturated heterocycles. The topological polar surface area (TPSA) is 41.9 Å². The Morgan fingerprint density at radius 1 is 0.828 bits per heavy atom. The van der Waals surface area contributed by atoms with E-state index < -0.39 is 0 Å². The number of rotatable bonds is 5. The molecule has 0 fully saturated rings. The monoisotopic (exact) mass is 382 g/mol. The maximum atomic E-state index is 4.73. The fourth-order valence-corrected chi connectivity index (χ4v) is 4.09. The van der Waals surface area contributed by atoms with Gasteiger partial charge < -0.3 is 4.90 Å². The SMILES string of the molecule is CCN(Cc1ccccn1)c1nnc(-c2c(C)cc(C)cc2C)c2ccccc12. The van der Waals surface area contributed by atoms with Gasteiger partial charge in [-0.2, -0.15) is 0 Å². The summed E-state index contributed by atoms with van der Waals surface area (Å²) >= 11 is 0. The Labute approximate surface area is 172 Å². The van der Waals surface area contributed by atoms with Crippen molar-refractivity contribution in [2.75, 3.05) is 11.4 Å². The van der Waals surface area contributed by atoms with Crippen LogP contribution < -0.4 is 4.90 Å². The number of anilines is 1. The molecule has 29 heavy (non-hydrogen) atoms. The molecular weight excluding hydrogens is 356 g/mol.